The Balaban J connectivity index is 2.52. The van der Waals surface area contributed by atoms with Crippen LogP contribution in [0.5, 0.6) is 0 Å². The summed E-state index contributed by atoms with van der Waals surface area (Å²) < 4.78 is 0. The van der Waals surface area contributed by atoms with Gasteiger partial charge < -0.3 is 5.11 Å². The summed E-state index contributed by atoms with van der Waals surface area (Å²) in [6.45, 7) is 5.64. The van der Waals surface area contributed by atoms with Crippen molar-refractivity contribution in [2.45, 2.75) is 13.0 Å². The van der Waals surface area contributed by atoms with Crippen molar-refractivity contribution in [3.05, 3.63) is 76.8 Å². The van der Waals surface area contributed by atoms with Gasteiger partial charge in [0.25, 0.3) is 0 Å². The number of hydrogen-bond acceptors (Lipinski definition) is 1. The van der Waals surface area contributed by atoms with Crippen LogP contribution in [-0.2, 0) is 0 Å². The van der Waals surface area contributed by atoms with Gasteiger partial charge in [-0.2, -0.15) is 0 Å². The van der Waals surface area contributed by atoms with Gasteiger partial charge >= 0.3 is 0 Å². The third-order valence-corrected chi connectivity index (χ3v) is 3.04. The minimum absolute atomic E-state index is 0.590. The maximum absolute atomic E-state index is 10.2. The molecule has 1 aromatic carbocycles. The molecule has 0 heterocycles. The molecule has 2 radical (unpaired) electrons. The summed E-state index contributed by atoms with van der Waals surface area (Å²) in [6, 6.07) is 7.83. The number of rotatable bonds is 2. The van der Waals surface area contributed by atoms with E-state index in [0.29, 0.717) is 5.47 Å². The molecule has 0 saturated carbocycles. The van der Waals surface area contributed by atoms with E-state index in [4.69, 9.17) is 7.85 Å². The second-order valence-corrected chi connectivity index (χ2v) is 4.37. The van der Waals surface area contributed by atoms with E-state index >= 15 is 0 Å². The molecule has 2 rings (SSSR count). The highest BCUT2D eigenvalue weighted by Crippen LogP contribution is 2.29. The Morgan fingerprint density at radius 1 is 1.39 bits per heavy atom. The molecular weight excluding hydrogens is 219 g/mol. The molecule has 1 N–H and O–H groups in total. The normalized spacial score (nSPS) is 19.4. The van der Waals surface area contributed by atoms with Gasteiger partial charge in [0.15, 0.2) is 0 Å². The molecule has 0 aromatic heterocycles. The zero-order chi connectivity index (χ0) is 13.1. The first-order valence-corrected chi connectivity index (χ1v) is 5.89. The highest BCUT2D eigenvalue weighted by Gasteiger charge is 2.13. The Morgan fingerprint density at radius 2 is 2.11 bits per heavy atom. The van der Waals surface area contributed by atoms with Crippen LogP contribution >= 0.6 is 0 Å². The molecule has 1 unspecified atom stereocenters. The van der Waals surface area contributed by atoms with E-state index in [1.165, 1.54) is 0 Å². The van der Waals surface area contributed by atoms with E-state index in [9.17, 15) is 5.11 Å². The molecule has 1 nitrogen and oxygen atoms in total. The second kappa shape index (κ2) is 5.24. The summed E-state index contributed by atoms with van der Waals surface area (Å²) >= 11 is 0. The van der Waals surface area contributed by atoms with Gasteiger partial charge in [0.2, 0.25) is 0 Å². The maximum Gasteiger partial charge on any atom is 0.113 e. The molecule has 0 bridgehead atoms. The fourth-order valence-corrected chi connectivity index (χ4v) is 2.02. The average molecular weight is 234 g/mol. The summed E-state index contributed by atoms with van der Waals surface area (Å²) in [4.78, 5) is 0. The Kier molecular flexibility index (Phi) is 3.68. The van der Waals surface area contributed by atoms with Crippen molar-refractivity contribution >= 4 is 13.9 Å². The average Bonchev–Trinajstić information content (AvgIpc) is 2.48. The first kappa shape index (κ1) is 12.7. The smallest absolute Gasteiger partial charge is 0.113 e. The SMILES string of the molecule is [B]/C(C=C)=C/C1=CC(O)c2ccccc2C=C1C. The minimum atomic E-state index is -0.612. The molecule has 1 atom stereocenters. The molecule has 1 aromatic rings. The van der Waals surface area contributed by atoms with Crippen molar-refractivity contribution in [2.75, 3.05) is 0 Å². The summed E-state index contributed by atoms with van der Waals surface area (Å²) in [5, 5.41) is 10.2. The molecule has 0 spiro atoms. The van der Waals surface area contributed by atoms with Gasteiger partial charge in [-0.3, -0.25) is 0 Å². The van der Waals surface area contributed by atoms with E-state index in [2.05, 4.69) is 12.7 Å². The molecule has 0 saturated heterocycles. The summed E-state index contributed by atoms with van der Waals surface area (Å²) in [7, 11) is 5.76. The quantitative estimate of drug-likeness (QED) is 0.614. The van der Waals surface area contributed by atoms with Crippen LogP contribution in [0.2, 0.25) is 0 Å². The molecule has 2 heteroatoms. The number of benzene rings is 1. The Bertz CT molecular complexity index is 564. The predicted octanol–water partition coefficient (Wildman–Crippen LogP) is 3.30. The summed E-state index contributed by atoms with van der Waals surface area (Å²) in [5.74, 6) is 0. The van der Waals surface area contributed by atoms with E-state index < -0.39 is 6.10 Å². The minimum Gasteiger partial charge on any atom is -0.384 e. The summed E-state index contributed by atoms with van der Waals surface area (Å²) in [6.07, 6.45) is 6.68. The van der Waals surface area contributed by atoms with Crippen molar-refractivity contribution in [3.63, 3.8) is 0 Å². The first-order chi connectivity index (χ1) is 8.61. The largest absolute Gasteiger partial charge is 0.384 e. The van der Waals surface area contributed by atoms with Gasteiger partial charge in [0.1, 0.15) is 7.85 Å². The van der Waals surface area contributed by atoms with E-state index in [1.54, 1.807) is 6.08 Å². The number of allylic oxidation sites excluding steroid dienone is 5. The van der Waals surface area contributed by atoms with Gasteiger partial charge in [0, 0.05) is 0 Å². The zero-order valence-corrected chi connectivity index (χ0v) is 10.4. The van der Waals surface area contributed by atoms with Crippen LogP contribution in [0.3, 0.4) is 0 Å². The van der Waals surface area contributed by atoms with Crippen LogP contribution in [0.15, 0.2) is 65.7 Å². The standard InChI is InChI=1S/C16H15BO/c1-3-14(17)9-13-10-16(18)15-7-5-4-6-12(15)8-11(13)2/h3-10,16,18H,1H2,2H3/b14-9+. The van der Waals surface area contributed by atoms with Crippen molar-refractivity contribution in [2.24, 2.45) is 0 Å². The molecule has 0 amide bonds. The van der Waals surface area contributed by atoms with E-state index in [0.717, 1.165) is 22.3 Å². The molecular formula is C16H15BO. The molecule has 18 heavy (non-hydrogen) atoms. The van der Waals surface area contributed by atoms with Crippen LogP contribution < -0.4 is 0 Å². The monoisotopic (exact) mass is 234 g/mol. The fraction of sp³-hybridized carbons (Fsp3) is 0.125. The van der Waals surface area contributed by atoms with Crippen LogP contribution in [0.4, 0.5) is 0 Å². The third-order valence-electron chi connectivity index (χ3n) is 3.04. The van der Waals surface area contributed by atoms with Crippen molar-refractivity contribution in [3.8, 4) is 0 Å². The molecule has 0 fully saturated rings. The predicted molar refractivity (Wildman–Crippen MR) is 77.2 cm³/mol. The van der Waals surface area contributed by atoms with Gasteiger partial charge in [-0.25, -0.2) is 0 Å². The van der Waals surface area contributed by atoms with Gasteiger partial charge in [0.05, 0.1) is 6.10 Å². The Labute approximate surface area is 109 Å². The van der Waals surface area contributed by atoms with Crippen LogP contribution in [-0.4, -0.2) is 13.0 Å². The number of fused-ring (bicyclic) bond motifs is 1. The van der Waals surface area contributed by atoms with Crippen molar-refractivity contribution in [1.82, 2.24) is 0 Å². The maximum atomic E-state index is 10.2. The van der Waals surface area contributed by atoms with E-state index in [-0.39, 0.29) is 0 Å². The molecule has 1 aliphatic carbocycles. The van der Waals surface area contributed by atoms with E-state index in [1.807, 2.05) is 43.3 Å². The van der Waals surface area contributed by atoms with Crippen molar-refractivity contribution < 1.29 is 5.11 Å². The highest BCUT2D eigenvalue weighted by molar-refractivity contribution is 6.23. The van der Waals surface area contributed by atoms with Crippen molar-refractivity contribution in [1.29, 1.82) is 0 Å². The third kappa shape index (κ3) is 2.54. The lowest BCUT2D eigenvalue weighted by Crippen LogP contribution is -1.95. The lowest BCUT2D eigenvalue weighted by Gasteiger charge is -2.08. The van der Waals surface area contributed by atoms with Crippen LogP contribution in [0, 0.1) is 0 Å². The van der Waals surface area contributed by atoms with Gasteiger partial charge in [-0.1, -0.05) is 54.5 Å². The number of aliphatic hydroxyl groups is 1. The van der Waals surface area contributed by atoms with Gasteiger partial charge in [-0.15, -0.1) is 0 Å². The molecule has 1 aliphatic rings. The van der Waals surface area contributed by atoms with Gasteiger partial charge in [-0.05, 0) is 35.3 Å². The number of hydrogen-bond donors (Lipinski definition) is 1. The Hall–Kier alpha value is -1.80. The molecule has 88 valence electrons. The van der Waals surface area contributed by atoms with Crippen LogP contribution in [0.25, 0.3) is 6.08 Å². The fourth-order valence-electron chi connectivity index (χ4n) is 2.02. The lowest BCUT2D eigenvalue weighted by atomic mass is 9.91. The lowest BCUT2D eigenvalue weighted by molar-refractivity contribution is 0.228. The Morgan fingerprint density at radius 3 is 2.83 bits per heavy atom. The van der Waals surface area contributed by atoms with Crippen LogP contribution in [0.1, 0.15) is 24.2 Å². The number of aliphatic hydroxyl groups excluding tert-OH is 1. The molecule has 0 aliphatic heterocycles. The summed E-state index contributed by atoms with van der Waals surface area (Å²) in [5.41, 5.74) is 4.55. The zero-order valence-electron chi connectivity index (χ0n) is 10.4. The second-order valence-electron chi connectivity index (χ2n) is 4.37. The highest BCUT2D eigenvalue weighted by atomic mass is 16.3. The first-order valence-electron chi connectivity index (χ1n) is 5.89. The topological polar surface area (TPSA) is 20.2 Å².